The zero-order valence-corrected chi connectivity index (χ0v) is 15.5. The molecule has 3 heterocycles. The number of nitrogens with two attached hydrogens (primary N) is 1. The second kappa shape index (κ2) is 8.49. The van der Waals surface area contributed by atoms with Crippen molar-refractivity contribution in [1.82, 2.24) is 20.3 Å². The van der Waals surface area contributed by atoms with E-state index in [0.717, 1.165) is 11.3 Å². The van der Waals surface area contributed by atoms with E-state index in [4.69, 9.17) is 14.9 Å². The lowest BCUT2D eigenvalue weighted by molar-refractivity contribution is 0.0932. The van der Waals surface area contributed by atoms with Crippen LogP contribution in [0.5, 0.6) is 5.88 Å². The zero-order valence-electron chi connectivity index (χ0n) is 15.5. The standard InChI is InChI=1S/C19H21N5O4/c1-11-5-3-7-21-13(11)9-22-18(26)15-16(20)23-17(14-6-4-8-27-14)24-19(15)28-10-12(2)25/h3-8,12,25H,9-10H2,1-2H3,(H,22,26)(H2,20,23,24)/t12-/m1/s1. The van der Waals surface area contributed by atoms with Gasteiger partial charge in [0.15, 0.2) is 5.76 Å². The van der Waals surface area contributed by atoms with Crippen molar-refractivity contribution in [1.29, 1.82) is 0 Å². The summed E-state index contributed by atoms with van der Waals surface area (Å²) in [6, 6.07) is 7.07. The number of nitrogen functional groups attached to an aromatic ring is 1. The molecule has 0 bridgehead atoms. The van der Waals surface area contributed by atoms with Crippen molar-refractivity contribution in [2.75, 3.05) is 12.3 Å². The van der Waals surface area contributed by atoms with Crippen LogP contribution in [0, 0.1) is 6.92 Å². The second-order valence-corrected chi connectivity index (χ2v) is 6.20. The molecule has 9 heteroatoms. The van der Waals surface area contributed by atoms with Gasteiger partial charge >= 0.3 is 0 Å². The van der Waals surface area contributed by atoms with Crippen LogP contribution in [-0.2, 0) is 6.54 Å². The molecule has 1 amide bonds. The van der Waals surface area contributed by atoms with Crippen molar-refractivity contribution < 1.29 is 19.1 Å². The Morgan fingerprint density at radius 3 is 2.86 bits per heavy atom. The van der Waals surface area contributed by atoms with Crippen LogP contribution >= 0.6 is 0 Å². The van der Waals surface area contributed by atoms with Gasteiger partial charge in [-0.1, -0.05) is 6.07 Å². The Labute approximate surface area is 161 Å². The molecule has 0 radical (unpaired) electrons. The molecular weight excluding hydrogens is 362 g/mol. The zero-order chi connectivity index (χ0) is 20.1. The fourth-order valence-corrected chi connectivity index (χ4v) is 2.45. The molecule has 0 fully saturated rings. The van der Waals surface area contributed by atoms with Crippen molar-refractivity contribution in [2.24, 2.45) is 0 Å². The van der Waals surface area contributed by atoms with Gasteiger partial charge in [-0.25, -0.2) is 4.98 Å². The predicted molar refractivity (Wildman–Crippen MR) is 101 cm³/mol. The van der Waals surface area contributed by atoms with Gasteiger partial charge in [0.2, 0.25) is 11.7 Å². The van der Waals surface area contributed by atoms with E-state index in [1.54, 1.807) is 25.3 Å². The summed E-state index contributed by atoms with van der Waals surface area (Å²) in [4.78, 5) is 25.4. The number of carbonyl (C=O) groups is 1. The van der Waals surface area contributed by atoms with Crippen LogP contribution in [0.15, 0.2) is 41.1 Å². The number of anilines is 1. The average molecular weight is 383 g/mol. The maximum absolute atomic E-state index is 12.7. The van der Waals surface area contributed by atoms with Crippen LogP contribution in [0.3, 0.4) is 0 Å². The lowest BCUT2D eigenvalue weighted by Gasteiger charge is -2.14. The highest BCUT2D eigenvalue weighted by Crippen LogP contribution is 2.26. The molecule has 0 aliphatic rings. The number of hydrogen-bond donors (Lipinski definition) is 3. The summed E-state index contributed by atoms with van der Waals surface area (Å²) >= 11 is 0. The maximum Gasteiger partial charge on any atom is 0.260 e. The largest absolute Gasteiger partial charge is 0.474 e. The number of pyridine rings is 1. The van der Waals surface area contributed by atoms with Crippen LogP contribution in [0.25, 0.3) is 11.6 Å². The van der Waals surface area contributed by atoms with E-state index in [0.29, 0.717) is 5.76 Å². The van der Waals surface area contributed by atoms with Gasteiger partial charge in [-0.3, -0.25) is 9.78 Å². The molecule has 0 unspecified atom stereocenters. The van der Waals surface area contributed by atoms with Crippen molar-refractivity contribution in [3.05, 3.63) is 53.5 Å². The van der Waals surface area contributed by atoms with Crippen molar-refractivity contribution in [3.63, 3.8) is 0 Å². The maximum atomic E-state index is 12.7. The molecule has 1 atom stereocenters. The van der Waals surface area contributed by atoms with E-state index in [2.05, 4.69) is 20.3 Å². The highest BCUT2D eigenvalue weighted by molar-refractivity contribution is 6.00. The van der Waals surface area contributed by atoms with Gasteiger partial charge in [-0.2, -0.15) is 4.98 Å². The van der Waals surface area contributed by atoms with Crippen LogP contribution in [0.1, 0.15) is 28.5 Å². The Morgan fingerprint density at radius 1 is 1.36 bits per heavy atom. The number of furan rings is 1. The first kappa shape index (κ1) is 19.3. The summed E-state index contributed by atoms with van der Waals surface area (Å²) in [5.74, 6) is -0.0358. The predicted octanol–water partition coefficient (Wildman–Crippen LogP) is 1.71. The third-order valence-electron chi connectivity index (χ3n) is 3.87. The van der Waals surface area contributed by atoms with Gasteiger partial charge in [-0.05, 0) is 37.6 Å². The molecule has 3 aromatic rings. The first-order chi connectivity index (χ1) is 13.5. The van der Waals surface area contributed by atoms with Gasteiger partial charge in [0.1, 0.15) is 18.0 Å². The molecule has 28 heavy (non-hydrogen) atoms. The summed E-state index contributed by atoms with van der Waals surface area (Å²) in [7, 11) is 0. The van der Waals surface area contributed by atoms with Gasteiger partial charge in [0.05, 0.1) is 24.6 Å². The number of nitrogens with zero attached hydrogens (tertiary/aromatic N) is 3. The molecule has 0 aliphatic carbocycles. The van der Waals surface area contributed by atoms with Crippen LogP contribution in [0.2, 0.25) is 0 Å². The first-order valence-electron chi connectivity index (χ1n) is 8.66. The third kappa shape index (κ3) is 4.44. The normalized spacial score (nSPS) is 11.8. The van der Waals surface area contributed by atoms with Gasteiger partial charge in [-0.15, -0.1) is 0 Å². The Balaban J connectivity index is 1.89. The van der Waals surface area contributed by atoms with Crippen molar-refractivity contribution in [3.8, 4) is 17.5 Å². The molecule has 9 nitrogen and oxygen atoms in total. The molecule has 0 aliphatic heterocycles. The SMILES string of the molecule is Cc1cccnc1CNC(=O)c1c(N)nc(-c2ccco2)nc1OC[C@@H](C)O. The summed E-state index contributed by atoms with van der Waals surface area (Å²) in [6.45, 7) is 3.61. The summed E-state index contributed by atoms with van der Waals surface area (Å²) in [6.07, 6.45) is 2.37. The minimum Gasteiger partial charge on any atom is -0.474 e. The number of amides is 1. The Kier molecular flexibility index (Phi) is 5.85. The number of ether oxygens (including phenoxy) is 1. The molecule has 0 saturated carbocycles. The number of aliphatic hydroxyl groups excluding tert-OH is 1. The minimum absolute atomic E-state index is 0.00968. The van der Waals surface area contributed by atoms with Crippen LogP contribution in [-0.4, -0.2) is 38.7 Å². The lowest BCUT2D eigenvalue weighted by atomic mass is 10.2. The highest BCUT2D eigenvalue weighted by atomic mass is 16.5. The molecule has 0 spiro atoms. The molecule has 3 aromatic heterocycles. The fourth-order valence-electron chi connectivity index (χ4n) is 2.45. The topological polar surface area (TPSA) is 136 Å². The highest BCUT2D eigenvalue weighted by Gasteiger charge is 2.23. The van der Waals surface area contributed by atoms with E-state index in [1.807, 2.05) is 19.1 Å². The molecule has 4 N–H and O–H groups in total. The van der Waals surface area contributed by atoms with E-state index in [-0.39, 0.29) is 36.2 Å². The monoisotopic (exact) mass is 383 g/mol. The van der Waals surface area contributed by atoms with Gasteiger partial charge in [0.25, 0.3) is 5.91 Å². The van der Waals surface area contributed by atoms with Crippen LogP contribution < -0.4 is 15.8 Å². The Bertz CT molecular complexity index is 957. The number of hydrogen-bond acceptors (Lipinski definition) is 8. The van der Waals surface area contributed by atoms with E-state index < -0.39 is 12.0 Å². The molecule has 3 rings (SSSR count). The van der Waals surface area contributed by atoms with E-state index in [9.17, 15) is 9.90 Å². The van der Waals surface area contributed by atoms with Crippen molar-refractivity contribution in [2.45, 2.75) is 26.5 Å². The molecule has 0 saturated heterocycles. The Morgan fingerprint density at radius 2 is 2.18 bits per heavy atom. The minimum atomic E-state index is -0.754. The van der Waals surface area contributed by atoms with E-state index >= 15 is 0 Å². The smallest absolute Gasteiger partial charge is 0.260 e. The van der Waals surface area contributed by atoms with E-state index in [1.165, 1.54) is 6.26 Å². The average Bonchev–Trinajstić information content (AvgIpc) is 3.20. The summed E-state index contributed by atoms with van der Waals surface area (Å²) in [5, 5.41) is 12.3. The molecular formula is C19H21N5O4. The quantitative estimate of drug-likeness (QED) is 0.561. The molecule has 146 valence electrons. The lowest BCUT2D eigenvalue weighted by Crippen LogP contribution is -2.27. The first-order valence-corrected chi connectivity index (χ1v) is 8.66. The fraction of sp³-hybridized carbons (Fsp3) is 0.263. The number of carbonyl (C=O) groups excluding carboxylic acids is 1. The Hall–Kier alpha value is -3.46. The van der Waals surface area contributed by atoms with Crippen LogP contribution in [0.4, 0.5) is 5.82 Å². The van der Waals surface area contributed by atoms with Crippen molar-refractivity contribution >= 4 is 11.7 Å². The van der Waals surface area contributed by atoms with Gasteiger partial charge < -0.3 is 25.3 Å². The summed E-state index contributed by atoms with van der Waals surface area (Å²) < 4.78 is 10.8. The number of aromatic nitrogens is 3. The second-order valence-electron chi connectivity index (χ2n) is 6.20. The third-order valence-corrected chi connectivity index (χ3v) is 3.87. The van der Waals surface area contributed by atoms with Gasteiger partial charge in [0, 0.05) is 6.20 Å². The number of rotatable bonds is 7. The number of aliphatic hydroxyl groups is 1. The number of nitrogens with one attached hydrogen (secondary N) is 1. The number of aryl methyl sites for hydroxylation is 1. The summed E-state index contributed by atoms with van der Waals surface area (Å²) in [5.41, 5.74) is 7.69. The molecule has 0 aromatic carbocycles.